The van der Waals surface area contributed by atoms with E-state index in [1.54, 1.807) is 0 Å². The van der Waals surface area contributed by atoms with E-state index in [9.17, 15) is 0 Å². The molecular formula is C46H29N5O. The largest absolute Gasteiger partial charge is 0.436 e. The molecule has 0 spiro atoms. The van der Waals surface area contributed by atoms with Gasteiger partial charge in [0.05, 0.1) is 11.0 Å². The van der Waals surface area contributed by atoms with Gasteiger partial charge in [-0.25, -0.2) is 9.97 Å². The second-order valence-electron chi connectivity index (χ2n) is 12.8. The fourth-order valence-electron chi connectivity index (χ4n) is 6.97. The minimum absolute atomic E-state index is 0.517. The van der Waals surface area contributed by atoms with Crippen LogP contribution in [0.15, 0.2) is 180 Å². The molecule has 0 unspecified atom stereocenters. The van der Waals surface area contributed by atoms with Crippen LogP contribution in [0.4, 0.5) is 0 Å². The zero-order valence-electron chi connectivity index (χ0n) is 27.9. The summed E-state index contributed by atoms with van der Waals surface area (Å²) < 4.78 is 8.48. The van der Waals surface area contributed by atoms with Gasteiger partial charge in [-0.15, -0.1) is 0 Å². The lowest BCUT2D eigenvalue weighted by molar-refractivity contribution is 0.620. The zero-order valence-corrected chi connectivity index (χ0v) is 27.9. The highest BCUT2D eigenvalue weighted by Crippen LogP contribution is 2.37. The predicted molar refractivity (Wildman–Crippen MR) is 209 cm³/mol. The van der Waals surface area contributed by atoms with Gasteiger partial charge in [-0.3, -0.25) is 4.57 Å². The van der Waals surface area contributed by atoms with Crippen molar-refractivity contribution < 1.29 is 4.42 Å². The molecule has 0 aliphatic rings. The van der Waals surface area contributed by atoms with E-state index in [1.807, 2.05) is 48.5 Å². The fourth-order valence-corrected chi connectivity index (χ4v) is 6.97. The van der Waals surface area contributed by atoms with Crippen molar-refractivity contribution >= 4 is 32.9 Å². The van der Waals surface area contributed by atoms with Crippen LogP contribution in [0.1, 0.15) is 0 Å². The first-order chi connectivity index (χ1) is 25.7. The number of fused-ring (bicyclic) bond motifs is 4. The van der Waals surface area contributed by atoms with Gasteiger partial charge in [0, 0.05) is 33.5 Å². The zero-order chi connectivity index (χ0) is 34.4. The Morgan fingerprint density at radius 3 is 1.50 bits per heavy atom. The molecule has 10 aromatic rings. The molecule has 3 heterocycles. The van der Waals surface area contributed by atoms with Crippen molar-refractivity contribution in [2.75, 3.05) is 0 Å². The lowest BCUT2D eigenvalue weighted by Gasteiger charge is -2.12. The number of aromatic nitrogens is 5. The van der Waals surface area contributed by atoms with E-state index in [1.165, 1.54) is 0 Å². The van der Waals surface area contributed by atoms with Gasteiger partial charge in [-0.1, -0.05) is 133 Å². The van der Waals surface area contributed by atoms with Crippen molar-refractivity contribution in [1.29, 1.82) is 0 Å². The summed E-state index contributed by atoms with van der Waals surface area (Å²) in [6.45, 7) is 0. The van der Waals surface area contributed by atoms with Crippen molar-refractivity contribution in [3.63, 3.8) is 0 Å². The van der Waals surface area contributed by atoms with Gasteiger partial charge in [0.2, 0.25) is 11.8 Å². The highest BCUT2D eigenvalue weighted by molar-refractivity contribution is 6.12. The standard InChI is InChI=1S/C46H29N5O/c1-4-14-30(15-5-1)33-20-12-22-35(26-33)43-48-44(36-23-13-21-34(27-36)31-16-6-2-7-17-31)50-46(49-43)51-40-25-11-10-24-37(40)38-28-39-42(29-41(38)51)52-45(47-39)32-18-8-3-9-19-32/h1-29H. The SMILES string of the molecule is c1ccc(-c2cccc(-c3nc(-c4cccc(-c5ccccc5)c4)nc(-n4c5ccccc5c5cc6nc(-c7ccccc7)oc6cc54)n3)c2)cc1. The Morgan fingerprint density at radius 2 is 0.885 bits per heavy atom. The average Bonchev–Trinajstić information content (AvgIpc) is 3.79. The van der Waals surface area contributed by atoms with Crippen molar-refractivity contribution in [2.45, 2.75) is 0 Å². The van der Waals surface area contributed by atoms with E-state index in [2.05, 4.69) is 132 Å². The van der Waals surface area contributed by atoms with Crippen LogP contribution >= 0.6 is 0 Å². The number of benzene rings is 7. The predicted octanol–water partition coefficient (Wildman–Crippen LogP) is 11.4. The van der Waals surface area contributed by atoms with Crippen molar-refractivity contribution in [3.8, 4) is 62.4 Å². The van der Waals surface area contributed by atoms with E-state index in [-0.39, 0.29) is 0 Å². The van der Waals surface area contributed by atoms with E-state index in [4.69, 9.17) is 24.4 Å². The van der Waals surface area contributed by atoms with E-state index in [0.717, 1.165) is 66.3 Å². The molecule has 3 aromatic heterocycles. The first kappa shape index (κ1) is 29.7. The number of para-hydroxylation sites is 1. The summed E-state index contributed by atoms with van der Waals surface area (Å²) in [5, 5.41) is 2.11. The Bertz CT molecular complexity index is 2800. The number of hydrogen-bond donors (Lipinski definition) is 0. The number of rotatable bonds is 6. The second kappa shape index (κ2) is 12.3. The molecule has 6 heteroatoms. The molecule has 10 rings (SSSR count). The third-order valence-corrected chi connectivity index (χ3v) is 9.48. The van der Waals surface area contributed by atoms with Gasteiger partial charge in [-0.2, -0.15) is 9.97 Å². The van der Waals surface area contributed by atoms with Gasteiger partial charge >= 0.3 is 0 Å². The van der Waals surface area contributed by atoms with Gasteiger partial charge in [0.15, 0.2) is 17.2 Å². The minimum atomic E-state index is 0.517. The highest BCUT2D eigenvalue weighted by Gasteiger charge is 2.20. The molecule has 0 saturated carbocycles. The van der Waals surface area contributed by atoms with Crippen molar-refractivity contribution in [3.05, 3.63) is 176 Å². The maximum atomic E-state index is 6.37. The topological polar surface area (TPSA) is 69.6 Å². The van der Waals surface area contributed by atoms with Crippen LogP contribution in [-0.4, -0.2) is 24.5 Å². The number of oxazole rings is 1. The molecule has 6 nitrogen and oxygen atoms in total. The van der Waals surface area contributed by atoms with Gasteiger partial charge in [-0.05, 0) is 58.7 Å². The van der Waals surface area contributed by atoms with Crippen molar-refractivity contribution in [1.82, 2.24) is 24.5 Å². The summed E-state index contributed by atoms with van der Waals surface area (Å²) in [5.74, 6) is 2.27. The molecule has 0 bridgehead atoms. The number of hydrogen-bond acceptors (Lipinski definition) is 5. The van der Waals surface area contributed by atoms with Crippen LogP contribution < -0.4 is 0 Å². The van der Waals surface area contributed by atoms with Crippen LogP contribution in [0.2, 0.25) is 0 Å². The summed E-state index contributed by atoms with van der Waals surface area (Å²) in [5.41, 5.74) is 10.5. The van der Waals surface area contributed by atoms with Crippen LogP contribution in [0.3, 0.4) is 0 Å². The van der Waals surface area contributed by atoms with Gasteiger partial charge in [0.25, 0.3) is 0 Å². The smallest absolute Gasteiger partial charge is 0.238 e. The third kappa shape index (κ3) is 5.22. The van der Waals surface area contributed by atoms with Crippen LogP contribution in [-0.2, 0) is 0 Å². The summed E-state index contributed by atoms with van der Waals surface area (Å²) in [7, 11) is 0. The molecule has 0 N–H and O–H groups in total. The Labute approximate surface area is 299 Å². The molecule has 0 aliphatic heterocycles. The summed E-state index contributed by atoms with van der Waals surface area (Å²) in [4.78, 5) is 20.4. The average molecular weight is 668 g/mol. The molecule has 0 fully saturated rings. The number of nitrogens with zero attached hydrogens (tertiary/aromatic N) is 5. The summed E-state index contributed by atoms with van der Waals surface area (Å²) in [6.07, 6.45) is 0. The molecule has 0 aliphatic carbocycles. The minimum Gasteiger partial charge on any atom is -0.436 e. The quantitative estimate of drug-likeness (QED) is 0.176. The molecule has 0 saturated heterocycles. The van der Waals surface area contributed by atoms with Crippen LogP contribution in [0.5, 0.6) is 0 Å². The normalized spacial score (nSPS) is 11.5. The Morgan fingerprint density at radius 1 is 0.365 bits per heavy atom. The molecular weight excluding hydrogens is 639 g/mol. The molecule has 0 atom stereocenters. The maximum absolute atomic E-state index is 6.37. The third-order valence-electron chi connectivity index (χ3n) is 9.48. The second-order valence-corrected chi connectivity index (χ2v) is 12.8. The Kier molecular flexibility index (Phi) is 7.03. The van der Waals surface area contributed by atoms with E-state index < -0.39 is 0 Å². The maximum Gasteiger partial charge on any atom is 0.238 e. The molecule has 52 heavy (non-hydrogen) atoms. The first-order valence-corrected chi connectivity index (χ1v) is 17.2. The van der Waals surface area contributed by atoms with E-state index in [0.29, 0.717) is 29.1 Å². The van der Waals surface area contributed by atoms with Gasteiger partial charge < -0.3 is 4.42 Å². The van der Waals surface area contributed by atoms with Gasteiger partial charge in [0.1, 0.15) is 5.52 Å². The monoisotopic (exact) mass is 667 g/mol. The summed E-state index contributed by atoms with van der Waals surface area (Å²) in [6, 6.07) is 60.0. The van der Waals surface area contributed by atoms with Crippen molar-refractivity contribution in [2.24, 2.45) is 0 Å². The lowest BCUT2D eigenvalue weighted by Crippen LogP contribution is -2.06. The molecule has 0 radical (unpaired) electrons. The Hall–Kier alpha value is -7.18. The summed E-state index contributed by atoms with van der Waals surface area (Å²) >= 11 is 0. The molecule has 244 valence electrons. The van der Waals surface area contributed by atoms with Crippen LogP contribution in [0.25, 0.3) is 95.3 Å². The first-order valence-electron chi connectivity index (χ1n) is 17.2. The van der Waals surface area contributed by atoms with Crippen LogP contribution in [0, 0.1) is 0 Å². The molecule has 0 amide bonds. The molecule has 7 aromatic carbocycles. The fraction of sp³-hybridized carbons (Fsp3) is 0. The highest BCUT2D eigenvalue weighted by atomic mass is 16.3. The van der Waals surface area contributed by atoms with E-state index >= 15 is 0 Å². The Balaban J connectivity index is 1.21. The lowest BCUT2D eigenvalue weighted by atomic mass is 10.0.